The molecule has 0 unspecified atom stereocenters. The van der Waals surface area contributed by atoms with E-state index in [9.17, 15) is 22.8 Å². The summed E-state index contributed by atoms with van der Waals surface area (Å²) >= 11 is 0. The van der Waals surface area contributed by atoms with Gasteiger partial charge < -0.3 is 9.47 Å². The van der Waals surface area contributed by atoms with Crippen molar-refractivity contribution in [1.82, 2.24) is 4.57 Å². The molecule has 0 atom stereocenters. The summed E-state index contributed by atoms with van der Waals surface area (Å²) in [5, 5.41) is 0. The van der Waals surface area contributed by atoms with Crippen LogP contribution in [0.25, 0.3) is 0 Å². The number of carbonyl (C=O) groups is 3. The summed E-state index contributed by atoms with van der Waals surface area (Å²) in [5.74, 6) is -4.46. The average Bonchev–Trinajstić information content (AvgIpc) is 3.18. The van der Waals surface area contributed by atoms with Gasteiger partial charge in [-0.05, 0) is 48.1 Å². The van der Waals surface area contributed by atoms with E-state index in [4.69, 9.17) is 9.47 Å². The summed E-state index contributed by atoms with van der Waals surface area (Å²) in [7, 11) is -3.82. The van der Waals surface area contributed by atoms with E-state index in [-0.39, 0.29) is 29.2 Å². The Labute approximate surface area is 187 Å². The fourth-order valence-corrected chi connectivity index (χ4v) is 5.13. The van der Waals surface area contributed by atoms with Crippen LogP contribution in [0.1, 0.15) is 61.5 Å². The van der Waals surface area contributed by atoms with Gasteiger partial charge in [0.2, 0.25) is 0 Å². The van der Waals surface area contributed by atoms with Gasteiger partial charge in [-0.3, -0.25) is 19.0 Å². The van der Waals surface area contributed by atoms with E-state index >= 15 is 0 Å². The van der Waals surface area contributed by atoms with Gasteiger partial charge in [0.1, 0.15) is 0 Å². The lowest BCUT2D eigenvalue weighted by molar-refractivity contribution is -0.240. The molecule has 8 nitrogen and oxygen atoms in total. The molecule has 0 spiro atoms. The van der Waals surface area contributed by atoms with Crippen molar-refractivity contribution in [2.45, 2.75) is 57.1 Å². The highest BCUT2D eigenvalue weighted by atomic mass is 32.2. The van der Waals surface area contributed by atoms with Crippen LogP contribution in [-0.4, -0.2) is 42.9 Å². The molecule has 0 saturated carbocycles. The molecule has 0 N–H and O–H groups in total. The van der Waals surface area contributed by atoms with Crippen LogP contribution < -0.4 is 0 Å². The summed E-state index contributed by atoms with van der Waals surface area (Å²) in [6, 6.07) is 6.58. The third-order valence-corrected chi connectivity index (χ3v) is 6.51. The van der Waals surface area contributed by atoms with E-state index < -0.39 is 39.4 Å². The third kappa shape index (κ3) is 4.77. The van der Waals surface area contributed by atoms with Crippen LogP contribution >= 0.6 is 0 Å². The Bertz CT molecular complexity index is 1140. The zero-order valence-corrected chi connectivity index (χ0v) is 19.6. The van der Waals surface area contributed by atoms with Crippen LogP contribution in [0.3, 0.4) is 0 Å². The minimum absolute atomic E-state index is 0.00283. The second kappa shape index (κ2) is 8.54. The third-order valence-electron chi connectivity index (χ3n) is 5.30. The van der Waals surface area contributed by atoms with Crippen LogP contribution in [0.2, 0.25) is 0 Å². The first-order chi connectivity index (χ1) is 14.8. The first-order valence-corrected chi connectivity index (χ1v) is 12.2. The monoisotopic (exact) mass is 461 g/mol. The summed E-state index contributed by atoms with van der Waals surface area (Å²) in [4.78, 5) is 37.7. The quantitative estimate of drug-likeness (QED) is 0.480. The molecule has 0 bridgehead atoms. The predicted molar refractivity (Wildman–Crippen MR) is 116 cm³/mol. The molecule has 1 aliphatic rings. The van der Waals surface area contributed by atoms with Crippen molar-refractivity contribution in [3.05, 3.63) is 53.3 Å². The lowest BCUT2D eigenvalue weighted by Gasteiger charge is -2.33. The molecule has 1 saturated heterocycles. The molecule has 32 heavy (non-hydrogen) atoms. The number of sulfone groups is 1. The van der Waals surface area contributed by atoms with E-state index in [0.29, 0.717) is 5.56 Å². The normalized spacial score (nSPS) is 16.7. The maximum atomic E-state index is 13.0. The Hall–Kier alpha value is -2.94. The van der Waals surface area contributed by atoms with Crippen molar-refractivity contribution in [1.29, 1.82) is 0 Å². The molecule has 0 radical (unpaired) electrons. The zero-order valence-electron chi connectivity index (χ0n) is 18.7. The highest BCUT2D eigenvalue weighted by Gasteiger charge is 2.43. The molecule has 1 fully saturated rings. The molecule has 0 amide bonds. The van der Waals surface area contributed by atoms with Gasteiger partial charge in [-0.25, -0.2) is 8.42 Å². The van der Waals surface area contributed by atoms with Gasteiger partial charge in [0.05, 0.1) is 10.5 Å². The van der Waals surface area contributed by atoms with Crippen molar-refractivity contribution in [2.24, 2.45) is 5.92 Å². The summed E-state index contributed by atoms with van der Waals surface area (Å²) in [6.07, 6.45) is 4.21. The van der Waals surface area contributed by atoms with Gasteiger partial charge in [0.25, 0.3) is 11.7 Å². The Morgan fingerprint density at radius 2 is 1.66 bits per heavy atom. The van der Waals surface area contributed by atoms with E-state index in [0.717, 1.165) is 11.8 Å². The van der Waals surface area contributed by atoms with Crippen molar-refractivity contribution in [3.63, 3.8) is 0 Å². The predicted octanol–water partition coefficient (Wildman–Crippen LogP) is 3.09. The van der Waals surface area contributed by atoms with Gasteiger partial charge in [0.15, 0.2) is 15.8 Å². The molecule has 3 rings (SSSR count). The number of benzene rings is 1. The summed E-state index contributed by atoms with van der Waals surface area (Å²) in [6.45, 7) is 6.75. The standard InChI is InChI=1S/C23H27NO7S/c1-14(2)15-8-10-17(20(25)24-12-6-7-13-24)19(32(5,28)29)16(15)9-11-18-21(26)30-23(3,4)31-22(18)27/h6-8,10,12-14,18H,9,11H2,1-5H3. The van der Waals surface area contributed by atoms with Crippen LogP contribution in [0.15, 0.2) is 41.6 Å². The van der Waals surface area contributed by atoms with Crippen molar-refractivity contribution < 1.29 is 32.3 Å². The van der Waals surface area contributed by atoms with E-state index in [2.05, 4.69) is 0 Å². The SMILES string of the molecule is CC(C)c1ccc(C(=O)n2cccc2)c(S(C)(=O)=O)c1CCC1C(=O)OC(C)(C)OC1=O. The number of cyclic esters (lactones) is 2. The highest BCUT2D eigenvalue weighted by molar-refractivity contribution is 7.90. The second-order valence-electron chi connectivity index (χ2n) is 8.67. The maximum absolute atomic E-state index is 13.0. The number of nitrogens with zero attached hydrogens (tertiary/aromatic N) is 1. The van der Waals surface area contributed by atoms with E-state index in [1.807, 2.05) is 13.8 Å². The highest BCUT2D eigenvalue weighted by Crippen LogP contribution is 2.33. The van der Waals surface area contributed by atoms with Crippen LogP contribution in [0, 0.1) is 5.92 Å². The molecule has 1 aromatic heterocycles. The topological polar surface area (TPSA) is 109 Å². The van der Waals surface area contributed by atoms with Crippen molar-refractivity contribution >= 4 is 27.7 Å². The lowest BCUT2D eigenvalue weighted by Crippen LogP contribution is -2.46. The summed E-state index contributed by atoms with van der Waals surface area (Å²) < 4.78 is 37.3. The number of carbonyl (C=O) groups excluding carboxylic acids is 3. The molecule has 1 aromatic carbocycles. The number of aromatic nitrogens is 1. The van der Waals surface area contributed by atoms with Crippen molar-refractivity contribution in [3.8, 4) is 0 Å². The van der Waals surface area contributed by atoms with Gasteiger partial charge >= 0.3 is 11.9 Å². The number of hydrogen-bond donors (Lipinski definition) is 0. The molecule has 2 heterocycles. The molecule has 1 aliphatic heterocycles. The Balaban J connectivity index is 2.07. The molecule has 0 aliphatic carbocycles. The first kappa shape index (κ1) is 23.7. The minimum Gasteiger partial charge on any atom is -0.422 e. The largest absolute Gasteiger partial charge is 0.422 e. The molecular weight excluding hydrogens is 434 g/mol. The van der Waals surface area contributed by atoms with Crippen LogP contribution in [0.4, 0.5) is 0 Å². The second-order valence-corrected chi connectivity index (χ2v) is 10.6. The molecule has 172 valence electrons. The van der Waals surface area contributed by atoms with Crippen LogP contribution in [-0.2, 0) is 35.3 Å². The smallest absolute Gasteiger partial charge is 0.323 e. The van der Waals surface area contributed by atoms with Crippen LogP contribution in [0.5, 0.6) is 0 Å². The fraction of sp³-hybridized carbons (Fsp3) is 0.435. The zero-order chi connectivity index (χ0) is 23.8. The van der Waals surface area contributed by atoms with E-state index in [1.54, 1.807) is 30.6 Å². The lowest BCUT2D eigenvalue weighted by atomic mass is 9.89. The maximum Gasteiger partial charge on any atom is 0.323 e. The van der Waals surface area contributed by atoms with Gasteiger partial charge in [-0.15, -0.1) is 0 Å². The Kier molecular flexibility index (Phi) is 6.33. The molecule has 9 heteroatoms. The number of rotatable bonds is 6. The number of ether oxygens (including phenoxy) is 2. The van der Waals surface area contributed by atoms with E-state index in [1.165, 1.54) is 24.5 Å². The van der Waals surface area contributed by atoms with Gasteiger partial charge in [-0.2, -0.15) is 0 Å². The molecular formula is C23H27NO7S. The number of hydrogen-bond acceptors (Lipinski definition) is 7. The minimum atomic E-state index is -3.82. The Morgan fingerprint density at radius 1 is 1.09 bits per heavy atom. The van der Waals surface area contributed by atoms with Gasteiger partial charge in [-0.1, -0.05) is 19.9 Å². The average molecular weight is 462 g/mol. The fourth-order valence-electron chi connectivity index (χ4n) is 3.91. The van der Waals surface area contributed by atoms with Crippen molar-refractivity contribution in [2.75, 3.05) is 6.26 Å². The van der Waals surface area contributed by atoms with Gasteiger partial charge in [0, 0.05) is 32.5 Å². The Morgan fingerprint density at radius 3 is 2.16 bits per heavy atom. The molecule has 2 aromatic rings. The summed E-state index contributed by atoms with van der Waals surface area (Å²) in [5.41, 5.74) is 1.19. The first-order valence-electron chi connectivity index (χ1n) is 10.3. The number of esters is 2.